The average molecular weight is 610 g/mol. The van der Waals surface area contributed by atoms with Crippen molar-refractivity contribution in [1.82, 2.24) is 10.2 Å². The van der Waals surface area contributed by atoms with Crippen LogP contribution in [-0.4, -0.2) is 58.5 Å². The Balaban J connectivity index is 2.09. The van der Waals surface area contributed by atoms with Crippen molar-refractivity contribution in [3.05, 3.63) is 83.4 Å². The fraction of sp³-hybridized carbons (Fsp3) is 0.394. The minimum absolute atomic E-state index is 0.0642. The van der Waals surface area contributed by atoms with Crippen molar-refractivity contribution in [1.29, 1.82) is 0 Å². The Labute approximate surface area is 255 Å². The fourth-order valence-electron chi connectivity index (χ4n) is 4.66. The zero-order valence-electron chi connectivity index (χ0n) is 26.1. The highest BCUT2D eigenvalue weighted by molar-refractivity contribution is 7.92. The van der Waals surface area contributed by atoms with E-state index in [-0.39, 0.29) is 29.0 Å². The van der Waals surface area contributed by atoms with E-state index in [4.69, 9.17) is 9.47 Å². The van der Waals surface area contributed by atoms with Crippen LogP contribution in [0.2, 0.25) is 0 Å². The third-order valence-electron chi connectivity index (χ3n) is 7.22. The van der Waals surface area contributed by atoms with E-state index in [1.54, 1.807) is 24.3 Å². The van der Waals surface area contributed by atoms with Gasteiger partial charge in [-0.25, -0.2) is 8.42 Å². The van der Waals surface area contributed by atoms with Crippen LogP contribution < -0.4 is 19.1 Å². The molecule has 0 heterocycles. The van der Waals surface area contributed by atoms with Gasteiger partial charge in [0.1, 0.15) is 12.6 Å². The first-order chi connectivity index (χ1) is 20.4. The summed E-state index contributed by atoms with van der Waals surface area (Å²) in [7, 11) is -1.37. The van der Waals surface area contributed by atoms with Crippen LogP contribution in [-0.2, 0) is 26.2 Å². The summed E-state index contributed by atoms with van der Waals surface area (Å²) < 4.78 is 40.1. The van der Waals surface area contributed by atoms with Gasteiger partial charge >= 0.3 is 0 Å². The number of hydrogen-bond donors (Lipinski definition) is 1. The van der Waals surface area contributed by atoms with Crippen molar-refractivity contribution >= 4 is 27.5 Å². The summed E-state index contributed by atoms with van der Waals surface area (Å²) in [4.78, 5) is 29.1. The topological polar surface area (TPSA) is 105 Å². The van der Waals surface area contributed by atoms with E-state index < -0.39 is 28.5 Å². The van der Waals surface area contributed by atoms with Gasteiger partial charge in [-0.2, -0.15) is 0 Å². The van der Waals surface area contributed by atoms with Crippen molar-refractivity contribution in [2.45, 2.75) is 58.5 Å². The van der Waals surface area contributed by atoms with Gasteiger partial charge in [0, 0.05) is 19.2 Å². The van der Waals surface area contributed by atoms with Crippen LogP contribution in [0.1, 0.15) is 43.9 Å². The molecule has 0 saturated heterocycles. The summed E-state index contributed by atoms with van der Waals surface area (Å²) in [6, 6.07) is 18.1. The normalized spacial score (nSPS) is 12.0. The molecule has 0 bridgehead atoms. The molecule has 3 aromatic carbocycles. The minimum atomic E-state index is -4.26. The van der Waals surface area contributed by atoms with Gasteiger partial charge in [-0.05, 0) is 61.6 Å². The van der Waals surface area contributed by atoms with Crippen molar-refractivity contribution in [2.75, 3.05) is 31.6 Å². The molecule has 0 aliphatic heterocycles. The molecule has 0 aromatic heterocycles. The fourth-order valence-corrected chi connectivity index (χ4v) is 6.09. The average Bonchev–Trinajstić information content (AvgIpc) is 2.99. The monoisotopic (exact) mass is 609 g/mol. The highest BCUT2D eigenvalue weighted by atomic mass is 32.2. The number of nitrogens with zero attached hydrogens (tertiary/aromatic N) is 2. The zero-order valence-corrected chi connectivity index (χ0v) is 26.9. The summed E-state index contributed by atoms with van der Waals surface area (Å²) in [5.74, 6) is 0.0719. The van der Waals surface area contributed by atoms with E-state index in [1.165, 1.54) is 37.3 Å². The maximum atomic E-state index is 14.2. The lowest BCUT2D eigenvalue weighted by Gasteiger charge is -2.33. The molecule has 0 unspecified atom stereocenters. The standard InChI is InChI=1S/C33H43N3O6S/c1-8-29(33(38)34-20-23(2)3)35(21-26-12-10-9-11-25(26)5)32(37)22-36(27-15-13-24(4)14-16-27)43(39,40)28-17-18-30(41-6)31(19-28)42-7/h9-19,23,29H,8,20-22H2,1-7H3,(H,34,38)/t29-/m1/s1. The molecule has 1 atom stereocenters. The molecular weight excluding hydrogens is 566 g/mol. The molecule has 1 N–H and O–H groups in total. The van der Waals surface area contributed by atoms with Gasteiger partial charge in [0.15, 0.2) is 11.5 Å². The maximum Gasteiger partial charge on any atom is 0.264 e. The van der Waals surface area contributed by atoms with Gasteiger partial charge in [0.25, 0.3) is 10.0 Å². The minimum Gasteiger partial charge on any atom is -0.493 e. The van der Waals surface area contributed by atoms with E-state index >= 15 is 0 Å². The van der Waals surface area contributed by atoms with Crippen LogP contribution in [0.4, 0.5) is 5.69 Å². The lowest BCUT2D eigenvalue weighted by Crippen LogP contribution is -2.52. The van der Waals surface area contributed by atoms with Gasteiger partial charge in [-0.15, -0.1) is 0 Å². The second-order valence-corrected chi connectivity index (χ2v) is 12.7. The summed E-state index contributed by atoms with van der Waals surface area (Å²) >= 11 is 0. The largest absolute Gasteiger partial charge is 0.493 e. The smallest absolute Gasteiger partial charge is 0.264 e. The number of sulfonamides is 1. The van der Waals surface area contributed by atoms with E-state index in [1.807, 2.05) is 58.9 Å². The van der Waals surface area contributed by atoms with Gasteiger partial charge in [-0.3, -0.25) is 13.9 Å². The van der Waals surface area contributed by atoms with E-state index in [0.29, 0.717) is 24.4 Å². The van der Waals surface area contributed by atoms with Crippen molar-refractivity contribution < 1.29 is 27.5 Å². The first-order valence-electron chi connectivity index (χ1n) is 14.4. The van der Waals surface area contributed by atoms with E-state index in [0.717, 1.165) is 21.0 Å². The highest BCUT2D eigenvalue weighted by Crippen LogP contribution is 2.32. The number of anilines is 1. The molecule has 232 valence electrons. The first-order valence-corrected chi connectivity index (χ1v) is 15.8. The molecule has 0 aliphatic carbocycles. The number of benzene rings is 3. The number of amides is 2. The molecule has 3 rings (SSSR count). The molecule has 0 fully saturated rings. The Morgan fingerprint density at radius 1 is 0.907 bits per heavy atom. The SMILES string of the molecule is CC[C@H](C(=O)NCC(C)C)N(Cc1ccccc1C)C(=O)CN(c1ccc(C)cc1)S(=O)(=O)c1ccc(OC)c(OC)c1. The predicted molar refractivity (Wildman–Crippen MR) is 169 cm³/mol. The molecule has 3 aromatic rings. The van der Waals surface area contributed by atoms with Gasteiger partial charge in [0.2, 0.25) is 11.8 Å². The van der Waals surface area contributed by atoms with Gasteiger partial charge in [0.05, 0.1) is 24.8 Å². The summed E-state index contributed by atoms with van der Waals surface area (Å²) in [6.45, 7) is 9.77. The van der Waals surface area contributed by atoms with Crippen LogP contribution >= 0.6 is 0 Å². The number of rotatable bonds is 14. The van der Waals surface area contributed by atoms with Crippen LogP contribution in [0, 0.1) is 19.8 Å². The Morgan fingerprint density at radius 2 is 1.56 bits per heavy atom. The first kappa shape index (κ1) is 33.5. The molecule has 10 heteroatoms. The summed E-state index contributed by atoms with van der Waals surface area (Å²) in [6.07, 6.45) is 0.356. The van der Waals surface area contributed by atoms with Crippen LogP contribution in [0.25, 0.3) is 0 Å². The predicted octanol–water partition coefficient (Wildman–Crippen LogP) is 5.10. The molecule has 0 radical (unpaired) electrons. The molecule has 2 amide bonds. The number of ether oxygens (including phenoxy) is 2. The number of carbonyl (C=O) groups excluding carboxylic acids is 2. The van der Waals surface area contributed by atoms with E-state index in [2.05, 4.69) is 5.32 Å². The Bertz CT molecular complexity index is 1510. The lowest BCUT2D eigenvalue weighted by molar-refractivity contribution is -0.140. The Hall–Kier alpha value is -4.05. The number of methoxy groups -OCH3 is 2. The molecule has 0 spiro atoms. The van der Waals surface area contributed by atoms with Gasteiger partial charge in [-0.1, -0.05) is 62.7 Å². The second kappa shape index (κ2) is 14.9. The van der Waals surface area contributed by atoms with Crippen LogP contribution in [0.3, 0.4) is 0 Å². The Kier molecular flexibility index (Phi) is 11.6. The number of hydrogen-bond acceptors (Lipinski definition) is 6. The third kappa shape index (κ3) is 8.28. The van der Waals surface area contributed by atoms with Crippen LogP contribution in [0.5, 0.6) is 11.5 Å². The molecular formula is C33H43N3O6S. The summed E-state index contributed by atoms with van der Waals surface area (Å²) in [5, 5.41) is 2.95. The van der Waals surface area contributed by atoms with Crippen molar-refractivity contribution in [3.8, 4) is 11.5 Å². The quantitative estimate of drug-likeness (QED) is 0.273. The maximum absolute atomic E-state index is 14.2. The third-order valence-corrected chi connectivity index (χ3v) is 8.99. The number of nitrogens with one attached hydrogen (secondary N) is 1. The number of aryl methyl sites for hydroxylation is 2. The zero-order chi connectivity index (χ0) is 31.7. The van der Waals surface area contributed by atoms with Gasteiger partial charge < -0.3 is 19.7 Å². The lowest BCUT2D eigenvalue weighted by atomic mass is 10.1. The summed E-state index contributed by atoms with van der Waals surface area (Å²) in [5.41, 5.74) is 3.09. The number of carbonyl (C=O) groups is 2. The van der Waals surface area contributed by atoms with Crippen molar-refractivity contribution in [2.24, 2.45) is 5.92 Å². The van der Waals surface area contributed by atoms with Crippen LogP contribution in [0.15, 0.2) is 71.6 Å². The van der Waals surface area contributed by atoms with Crippen molar-refractivity contribution in [3.63, 3.8) is 0 Å². The highest BCUT2D eigenvalue weighted by Gasteiger charge is 2.34. The Morgan fingerprint density at radius 3 is 2.14 bits per heavy atom. The second-order valence-electron chi connectivity index (χ2n) is 10.9. The molecule has 0 saturated carbocycles. The molecule has 0 aliphatic rings. The molecule has 9 nitrogen and oxygen atoms in total. The van der Waals surface area contributed by atoms with E-state index in [9.17, 15) is 18.0 Å². The molecule has 43 heavy (non-hydrogen) atoms.